The highest BCUT2D eigenvalue weighted by Gasteiger charge is 2.03. The molecule has 0 aromatic heterocycles. The van der Waals surface area contributed by atoms with Crippen molar-refractivity contribution in [2.75, 3.05) is 19.7 Å². The number of carbonyl (C=O) groups excluding carboxylic acids is 1. The van der Waals surface area contributed by atoms with Crippen molar-refractivity contribution in [1.82, 2.24) is 10.6 Å². The van der Waals surface area contributed by atoms with Crippen LogP contribution in [0.1, 0.15) is 5.56 Å². The first-order valence-electron chi connectivity index (χ1n) is 7.28. The number of nitrogens with one attached hydrogen (secondary N) is 2. The Labute approximate surface area is 139 Å². The summed E-state index contributed by atoms with van der Waals surface area (Å²) in [6.07, 6.45) is 0.446. The fourth-order valence-corrected chi connectivity index (χ4v) is 2.06. The lowest BCUT2D eigenvalue weighted by Crippen LogP contribution is -2.38. The smallest absolute Gasteiger partial charge is 0.314 e. The third kappa shape index (κ3) is 6.16. The third-order valence-electron chi connectivity index (χ3n) is 3.11. The Bertz CT molecular complexity index is 635. The van der Waals surface area contributed by atoms with E-state index in [1.807, 2.05) is 0 Å². The van der Waals surface area contributed by atoms with Crippen LogP contribution in [-0.4, -0.2) is 25.7 Å². The monoisotopic (exact) mass is 336 g/mol. The van der Waals surface area contributed by atoms with Gasteiger partial charge in [-0.15, -0.1) is 0 Å². The average Bonchev–Trinajstić information content (AvgIpc) is 2.55. The molecular formula is C17H18ClFN2O2. The van der Waals surface area contributed by atoms with Crippen LogP contribution in [0.25, 0.3) is 0 Å². The summed E-state index contributed by atoms with van der Waals surface area (Å²) in [6.45, 7) is 1.08. The van der Waals surface area contributed by atoms with Crippen molar-refractivity contribution in [2.24, 2.45) is 0 Å². The lowest BCUT2D eigenvalue weighted by molar-refractivity contribution is 0.236. The van der Waals surface area contributed by atoms with Gasteiger partial charge in [0, 0.05) is 11.6 Å². The number of urea groups is 1. The highest BCUT2D eigenvalue weighted by Crippen LogP contribution is 2.15. The maximum atomic E-state index is 13.4. The van der Waals surface area contributed by atoms with Crippen LogP contribution in [0.4, 0.5) is 9.18 Å². The van der Waals surface area contributed by atoms with Gasteiger partial charge in [0.2, 0.25) is 0 Å². The van der Waals surface area contributed by atoms with Gasteiger partial charge < -0.3 is 15.4 Å². The second-order valence-electron chi connectivity index (χ2n) is 4.83. The fourth-order valence-electron chi connectivity index (χ4n) is 1.94. The van der Waals surface area contributed by atoms with Crippen molar-refractivity contribution < 1.29 is 13.9 Å². The molecule has 4 nitrogen and oxygen atoms in total. The van der Waals surface area contributed by atoms with Crippen molar-refractivity contribution in [1.29, 1.82) is 0 Å². The average molecular weight is 337 g/mol. The Morgan fingerprint density at radius 3 is 2.48 bits per heavy atom. The van der Waals surface area contributed by atoms with Crippen LogP contribution in [0.15, 0.2) is 48.5 Å². The first-order valence-corrected chi connectivity index (χ1v) is 7.66. The maximum Gasteiger partial charge on any atom is 0.314 e. The number of rotatable bonds is 7. The summed E-state index contributed by atoms with van der Waals surface area (Å²) in [5.41, 5.74) is 0.582. The Morgan fingerprint density at radius 2 is 1.74 bits per heavy atom. The second kappa shape index (κ2) is 9.00. The first-order chi connectivity index (χ1) is 11.1. The molecule has 2 N–H and O–H groups in total. The van der Waals surface area contributed by atoms with Gasteiger partial charge in [-0.1, -0.05) is 29.8 Å². The Morgan fingerprint density at radius 1 is 1.04 bits per heavy atom. The number of halogens is 2. The van der Waals surface area contributed by atoms with Gasteiger partial charge in [0.05, 0.1) is 6.54 Å². The molecular weight excluding hydrogens is 319 g/mol. The number of ether oxygens (including phenoxy) is 1. The zero-order chi connectivity index (χ0) is 16.5. The largest absolute Gasteiger partial charge is 0.492 e. The molecule has 0 unspecified atom stereocenters. The minimum absolute atomic E-state index is 0.258. The van der Waals surface area contributed by atoms with Crippen LogP contribution in [-0.2, 0) is 6.42 Å². The van der Waals surface area contributed by atoms with Crippen molar-refractivity contribution in [3.63, 3.8) is 0 Å². The van der Waals surface area contributed by atoms with Gasteiger partial charge >= 0.3 is 6.03 Å². The lowest BCUT2D eigenvalue weighted by atomic mass is 10.1. The van der Waals surface area contributed by atoms with Crippen molar-refractivity contribution in [2.45, 2.75) is 6.42 Å². The number of hydrogen-bond donors (Lipinski definition) is 2. The fraction of sp³-hybridized carbons (Fsp3) is 0.235. The lowest BCUT2D eigenvalue weighted by Gasteiger charge is -2.09. The van der Waals surface area contributed by atoms with Gasteiger partial charge in [0.25, 0.3) is 0 Å². The van der Waals surface area contributed by atoms with Crippen LogP contribution in [0.3, 0.4) is 0 Å². The van der Waals surface area contributed by atoms with Crippen LogP contribution in [0.5, 0.6) is 5.75 Å². The van der Waals surface area contributed by atoms with Gasteiger partial charge in [0.15, 0.2) is 0 Å². The van der Waals surface area contributed by atoms with E-state index in [-0.39, 0.29) is 11.8 Å². The topological polar surface area (TPSA) is 50.4 Å². The molecule has 0 aliphatic rings. The molecule has 0 atom stereocenters. The number of benzene rings is 2. The summed E-state index contributed by atoms with van der Waals surface area (Å²) in [5.74, 6) is 0.433. The zero-order valence-electron chi connectivity index (χ0n) is 12.5. The van der Waals surface area contributed by atoms with E-state index in [1.165, 1.54) is 6.07 Å². The number of hydrogen-bond acceptors (Lipinski definition) is 2. The van der Waals surface area contributed by atoms with Gasteiger partial charge in [-0.25, -0.2) is 9.18 Å². The van der Waals surface area contributed by atoms with Crippen molar-refractivity contribution >= 4 is 17.6 Å². The first kappa shape index (κ1) is 17.1. The molecule has 2 rings (SSSR count). The van der Waals surface area contributed by atoms with E-state index in [9.17, 15) is 9.18 Å². The molecule has 0 aliphatic heterocycles. The molecule has 122 valence electrons. The van der Waals surface area contributed by atoms with E-state index in [2.05, 4.69) is 10.6 Å². The molecule has 2 amide bonds. The predicted octanol–water partition coefficient (Wildman–Crippen LogP) is 3.40. The molecule has 0 saturated heterocycles. The third-order valence-corrected chi connectivity index (χ3v) is 3.36. The summed E-state index contributed by atoms with van der Waals surface area (Å²) < 4.78 is 18.8. The number of amides is 2. The highest BCUT2D eigenvalue weighted by atomic mass is 35.5. The predicted molar refractivity (Wildman–Crippen MR) is 88.5 cm³/mol. The van der Waals surface area contributed by atoms with Gasteiger partial charge in [-0.05, 0) is 42.3 Å². The van der Waals surface area contributed by atoms with Gasteiger partial charge in [0.1, 0.15) is 18.2 Å². The van der Waals surface area contributed by atoms with E-state index in [1.54, 1.807) is 42.5 Å². The standard InChI is InChI=1S/C17H18ClFN2O2/c18-14-5-7-15(8-6-14)23-12-11-21-17(22)20-10-9-13-3-1-2-4-16(13)19/h1-8H,9-12H2,(H2,20,21,22). The minimum atomic E-state index is -0.305. The van der Waals surface area contributed by atoms with Crippen molar-refractivity contribution in [3.05, 3.63) is 64.9 Å². The summed E-state index contributed by atoms with van der Waals surface area (Å²) in [5, 5.41) is 5.99. The molecule has 0 fully saturated rings. The summed E-state index contributed by atoms with van der Waals surface area (Å²) in [7, 11) is 0. The van der Waals surface area contributed by atoms with Crippen LogP contribution < -0.4 is 15.4 Å². The van der Waals surface area contributed by atoms with E-state index in [4.69, 9.17) is 16.3 Å². The van der Waals surface area contributed by atoms with Crippen LogP contribution in [0, 0.1) is 5.82 Å². The Balaban J connectivity index is 1.58. The molecule has 0 spiro atoms. The molecule has 2 aromatic rings. The molecule has 2 aromatic carbocycles. The summed E-state index contributed by atoms with van der Waals surface area (Å²) in [4.78, 5) is 11.6. The van der Waals surface area contributed by atoms with E-state index in [0.717, 1.165) is 0 Å². The highest BCUT2D eigenvalue weighted by molar-refractivity contribution is 6.30. The molecule has 0 heterocycles. The van der Waals surface area contributed by atoms with E-state index in [0.29, 0.717) is 42.5 Å². The van der Waals surface area contributed by atoms with Crippen LogP contribution in [0.2, 0.25) is 5.02 Å². The maximum absolute atomic E-state index is 13.4. The second-order valence-corrected chi connectivity index (χ2v) is 5.26. The van der Waals surface area contributed by atoms with Crippen LogP contribution >= 0.6 is 11.6 Å². The molecule has 0 bridgehead atoms. The van der Waals surface area contributed by atoms with E-state index < -0.39 is 0 Å². The summed E-state index contributed by atoms with van der Waals surface area (Å²) in [6, 6.07) is 13.2. The SMILES string of the molecule is O=C(NCCOc1ccc(Cl)cc1)NCCc1ccccc1F. The minimum Gasteiger partial charge on any atom is -0.492 e. The van der Waals surface area contributed by atoms with Crippen molar-refractivity contribution in [3.8, 4) is 5.75 Å². The summed E-state index contributed by atoms with van der Waals surface area (Å²) >= 11 is 5.77. The van der Waals surface area contributed by atoms with Gasteiger partial charge in [-0.3, -0.25) is 0 Å². The van der Waals surface area contributed by atoms with E-state index >= 15 is 0 Å². The molecule has 23 heavy (non-hydrogen) atoms. The molecule has 6 heteroatoms. The normalized spacial score (nSPS) is 10.2. The Hall–Kier alpha value is -2.27. The molecule has 0 aliphatic carbocycles. The number of carbonyl (C=O) groups is 1. The molecule has 0 radical (unpaired) electrons. The Kier molecular flexibility index (Phi) is 6.69. The molecule has 0 saturated carbocycles. The quantitative estimate of drug-likeness (QED) is 0.761. The van der Waals surface area contributed by atoms with Gasteiger partial charge in [-0.2, -0.15) is 0 Å². The zero-order valence-corrected chi connectivity index (χ0v) is 13.3.